The second-order valence-corrected chi connectivity index (χ2v) is 14.4. The fraction of sp³-hybridized carbons (Fsp3) is 0.897. The zero-order valence-electron chi connectivity index (χ0n) is 36.1. The Kier molecular flexibility index (Phi) is 29.1. The van der Waals surface area contributed by atoms with E-state index in [9.17, 15) is 19.0 Å². The summed E-state index contributed by atoms with van der Waals surface area (Å²) in [6.45, 7) is -3.44. The van der Waals surface area contributed by atoms with Crippen LogP contribution in [-0.4, -0.2) is 49.2 Å². The van der Waals surface area contributed by atoms with Crippen LogP contribution in [0.1, 0.15) is 200 Å². The molecule has 0 aromatic heterocycles. The van der Waals surface area contributed by atoms with Crippen molar-refractivity contribution < 1.29 is 44.4 Å². The molecule has 0 aliphatic rings. The summed E-state index contributed by atoms with van der Waals surface area (Å²) in [4.78, 5) is 35.2. The van der Waals surface area contributed by atoms with Crippen molar-refractivity contribution >= 4 is 19.8 Å². The Bertz CT molecular complexity index is 1020. The first-order valence-corrected chi connectivity index (χ1v) is 21.0. The van der Waals surface area contributed by atoms with E-state index in [1.807, 2.05) is 0 Å². The average molecular weight is 723 g/mol. The van der Waals surface area contributed by atoms with Crippen LogP contribution < -0.4 is 5.73 Å². The highest BCUT2D eigenvalue weighted by Gasteiger charge is 2.26. The number of nitrogens with two attached hydrogens (primary N) is 1. The maximum absolute atomic E-state index is 12.6. The van der Waals surface area contributed by atoms with E-state index in [2.05, 4.69) is 30.5 Å². The second kappa shape index (κ2) is 36.5. The quantitative estimate of drug-likeness (QED) is 0.0276. The van der Waals surface area contributed by atoms with Gasteiger partial charge in [-0.05, 0) is 38.5 Å². The molecule has 2 unspecified atom stereocenters. The summed E-state index contributed by atoms with van der Waals surface area (Å²) in [5.74, 6) is -1.47. The van der Waals surface area contributed by atoms with Gasteiger partial charge in [0.2, 0.25) is 0 Å². The minimum Gasteiger partial charge on any atom is -0.462 e. The van der Waals surface area contributed by atoms with Crippen LogP contribution in [0, 0.1) is 0 Å². The molecule has 0 aromatic carbocycles. The Morgan fingerprint density at radius 3 is 1.59 bits per heavy atom. The fourth-order valence-corrected chi connectivity index (χ4v) is 6.00. The van der Waals surface area contributed by atoms with Crippen LogP contribution in [0.25, 0.3) is 0 Å². The van der Waals surface area contributed by atoms with Crippen molar-refractivity contribution in [2.75, 3.05) is 26.3 Å². The molecule has 0 saturated carbocycles. The number of allylic oxidation sites excluding steroid dienone is 2. The minimum absolute atomic E-state index is 0.0614. The van der Waals surface area contributed by atoms with Crippen LogP contribution in [0.5, 0.6) is 0 Å². The third-order valence-electron chi connectivity index (χ3n) is 8.36. The number of unbranched alkanes of at least 4 members (excludes halogenated alkanes) is 22. The summed E-state index contributed by atoms with van der Waals surface area (Å²) in [5.41, 5.74) is 5.07. The molecule has 0 radical (unpaired) electrons. The summed E-state index contributed by atoms with van der Waals surface area (Å²) in [5, 5.41) is 0. The highest BCUT2D eigenvalue weighted by Crippen LogP contribution is 2.43. The minimum atomic E-state index is -5.23. The van der Waals surface area contributed by atoms with Gasteiger partial charge in [0.25, 0.3) is 0 Å². The maximum atomic E-state index is 12.6. The molecular weight excluding hydrogens is 641 g/mol. The van der Waals surface area contributed by atoms with Crippen LogP contribution in [0.3, 0.4) is 0 Å². The van der Waals surface area contributed by atoms with Crippen LogP contribution in [0.4, 0.5) is 0 Å². The lowest BCUT2D eigenvalue weighted by molar-refractivity contribution is -0.161. The number of hydrogen-bond acceptors (Lipinski definition) is 8. The molecular formula is C39H76NO8P. The third-order valence-corrected chi connectivity index (χ3v) is 9.16. The Hall–Kier alpha value is -1.25. The van der Waals surface area contributed by atoms with Crippen molar-refractivity contribution in [3.05, 3.63) is 12.2 Å². The maximum Gasteiger partial charge on any atom is 0.472 e. The molecule has 0 saturated heterocycles. The second-order valence-electron chi connectivity index (χ2n) is 13.1. The molecule has 0 aromatic rings. The van der Waals surface area contributed by atoms with E-state index in [1.54, 1.807) is 0 Å². The highest BCUT2D eigenvalue weighted by atomic mass is 31.2. The highest BCUT2D eigenvalue weighted by molar-refractivity contribution is 7.47. The number of ether oxygens (including phenoxy) is 2. The summed E-state index contributed by atoms with van der Waals surface area (Å²) in [6.07, 6.45) is 30.7. The molecule has 49 heavy (non-hydrogen) atoms. The molecule has 3 atom stereocenters. The first-order chi connectivity index (χ1) is 25.6. The van der Waals surface area contributed by atoms with E-state index in [0.717, 1.165) is 57.8 Å². The summed E-state index contributed by atoms with van der Waals surface area (Å²) >= 11 is 0. The third kappa shape index (κ3) is 36.3. The standard InChI is InChI=1S/C39H76NO8P/c1-3-5-7-9-11-13-15-17-18-20-22-24-26-28-30-32-39(42)48-37(36-47-49(43,44)46-34-33-40)35-45-38(41)31-29-27-25-23-21-19-16-14-12-10-8-6-4-2/h17-18,37H,3-16,19-36,40H2,1-2H3,(H,43,44)/b18-17-/t37-/m1/s1/i31D,33D2,34D2/t31?,37-. The van der Waals surface area contributed by atoms with Crippen molar-refractivity contribution in [3.8, 4) is 0 Å². The van der Waals surface area contributed by atoms with E-state index in [-0.39, 0.29) is 6.42 Å². The average Bonchev–Trinajstić information content (AvgIpc) is 3.10. The van der Waals surface area contributed by atoms with E-state index >= 15 is 0 Å². The molecule has 0 aliphatic carbocycles. The molecule has 9 nitrogen and oxygen atoms in total. The van der Waals surface area contributed by atoms with Gasteiger partial charge in [0.05, 0.1) is 15.9 Å². The predicted octanol–water partition coefficient (Wildman–Crippen LogP) is 11.1. The van der Waals surface area contributed by atoms with Gasteiger partial charge >= 0.3 is 19.8 Å². The normalized spacial score (nSPS) is 16.2. The van der Waals surface area contributed by atoms with Crippen molar-refractivity contribution in [3.63, 3.8) is 0 Å². The largest absolute Gasteiger partial charge is 0.472 e. The van der Waals surface area contributed by atoms with E-state index < -0.39 is 58.5 Å². The van der Waals surface area contributed by atoms with Gasteiger partial charge in [0.1, 0.15) is 6.61 Å². The van der Waals surface area contributed by atoms with Gasteiger partial charge in [-0.15, -0.1) is 0 Å². The summed E-state index contributed by atoms with van der Waals surface area (Å²) in [6, 6.07) is 0. The Labute approximate surface area is 307 Å². The predicted molar refractivity (Wildman–Crippen MR) is 201 cm³/mol. The number of carbonyl (C=O) groups is 2. The van der Waals surface area contributed by atoms with Gasteiger partial charge < -0.3 is 20.1 Å². The van der Waals surface area contributed by atoms with Crippen LogP contribution in [-0.2, 0) is 32.7 Å². The number of rotatable bonds is 38. The number of phosphoric acid groups is 1. The number of phosphoric ester groups is 1. The Balaban J connectivity index is 4.64. The summed E-state index contributed by atoms with van der Waals surface area (Å²) in [7, 11) is -5.23. The van der Waals surface area contributed by atoms with Crippen LogP contribution >= 0.6 is 7.82 Å². The lowest BCUT2D eigenvalue weighted by Gasteiger charge is -2.19. The lowest BCUT2D eigenvalue weighted by atomic mass is 10.0. The van der Waals surface area contributed by atoms with E-state index in [1.165, 1.54) is 89.9 Å². The Morgan fingerprint density at radius 2 is 1.10 bits per heavy atom. The molecule has 0 aliphatic heterocycles. The first kappa shape index (κ1) is 39.0. The van der Waals surface area contributed by atoms with Crippen LogP contribution in [0.2, 0.25) is 0 Å². The molecule has 0 bridgehead atoms. The zero-order valence-corrected chi connectivity index (χ0v) is 32.0. The van der Waals surface area contributed by atoms with Gasteiger partial charge in [0, 0.05) is 23.4 Å². The van der Waals surface area contributed by atoms with Crippen LogP contribution in [0.15, 0.2) is 12.2 Å². The van der Waals surface area contributed by atoms with Crippen molar-refractivity contribution in [2.24, 2.45) is 5.73 Å². The van der Waals surface area contributed by atoms with Gasteiger partial charge in [-0.1, -0.05) is 154 Å². The molecule has 0 rings (SSSR count). The first-order valence-electron chi connectivity index (χ1n) is 22.1. The zero-order chi connectivity index (χ0) is 40.6. The monoisotopic (exact) mass is 723 g/mol. The van der Waals surface area contributed by atoms with Crippen molar-refractivity contribution in [1.29, 1.82) is 0 Å². The van der Waals surface area contributed by atoms with Crippen molar-refractivity contribution in [1.82, 2.24) is 0 Å². The molecule has 0 heterocycles. The van der Waals surface area contributed by atoms with E-state index in [4.69, 9.17) is 26.6 Å². The Morgan fingerprint density at radius 1 is 0.653 bits per heavy atom. The molecule has 0 spiro atoms. The number of hydrogen-bond donors (Lipinski definition) is 2. The fourth-order valence-electron chi connectivity index (χ4n) is 5.43. The van der Waals surface area contributed by atoms with Gasteiger partial charge in [-0.2, -0.15) is 0 Å². The van der Waals surface area contributed by atoms with Gasteiger partial charge in [-0.25, -0.2) is 4.57 Å². The molecule has 10 heteroatoms. The van der Waals surface area contributed by atoms with E-state index in [0.29, 0.717) is 19.3 Å². The number of esters is 2. The summed E-state index contributed by atoms with van der Waals surface area (Å²) < 4.78 is 69.9. The number of carbonyl (C=O) groups excluding carboxylic acids is 2. The van der Waals surface area contributed by atoms with Gasteiger partial charge in [-0.3, -0.25) is 18.6 Å². The topological polar surface area (TPSA) is 134 Å². The SMILES string of the molecule is [2H]C(CCCCCCCCCCCCCC)C(=O)OC[C@H](COP(=O)(O)OC([2H])([2H])C([2H])([2H])N)OC(=O)CCCCCCC/C=C\CCCCCCCC. The van der Waals surface area contributed by atoms with Crippen molar-refractivity contribution in [2.45, 2.75) is 200 Å². The molecule has 0 amide bonds. The molecule has 3 N–H and O–H groups in total. The molecule has 290 valence electrons. The lowest BCUT2D eigenvalue weighted by Crippen LogP contribution is -2.29. The molecule has 0 fully saturated rings. The smallest absolute Gasteiger partial charge is 0.462 e. The van der Waals surface area contributed by atoms with Gasteiger partial charge in [0.15, 0.2) is 6.10 Å².